The minimum atomic E-state index is 0.00776. The average molecular weight is 404 g/mol. The summed E-state index contributed by atoms with van der Waals surface area (Å²) in [6, 6.07) is 1.83. The molecule has 0 saturated heterocycles. The van der Waals surface area contributed by atoms with Crippen LogP contribution < -0.4 is 10.6 Å². The normalized spacial score (nSPS) is 13.5. The Hall–Kier alpha value is -3.82. The zero-order chi connectivity index (χ0) is 20.7. The highest BCUT2D eigenvalue weighted by Gasteiger charge is 2.30. The number of hydrogen-bond donors (Lipinski definition) is 2. The van der Waals surface area contributed by atoms with Gasteiger partial charge in [-0.1, -0.05) is 0 Å². The third-order valence-electron chi connectivity index (χ3n) is 5.13. The monoisotopic (exact) mass is 404 g/mol. The molecule has 152 valence electrons. The van der Waals surface area contributed by atoms with E-state index < -0.39 is 0 Å². The molecule has 0 radical (unpaired) electrons. The van der Waals surface area contributed by atoms with Gasteiger partial charge in [0.1, 0.15) is 30.1 Å². The third kappa shape index (κ3) is 3.36. The van der Waals surface area contributed by atoms with Gasteiger partial charge in [0, 0.05) is 43.2 Å². The maximum atomic E-state index is 12.2. The van der Waals surface area contributed by atoms with Gasteiger partial charge in [-0.25, -0.2) is 19.9 Å². The Balaban J connectivity index is 1.52. The van der Waals surface area contributed by atoms with Crippen LogP contribution in [0.25, 0.3) is 22.2 Å². The van der Waals surface area contributed by atoms with Crippen LogP contribution in [0.15, 0.2) is 35.5 Å². The molecule has 0 spiro atoms. The van der Waals surface area contributed by atoms with Crippen molar-refractivity contribution in [2.24, 2.45) is 13.0 Å². The smallest absolute Gasteiger partial charge is 0.228 e. The second-order valence-corrected chi connectivity index (χ2v) is 7.27. The number of oxazole rings is 1. The van der Waals surface area contributed by atoms with E-state index in [1.165, 1.54) is 6.33 Å². The molecule has 0 unspecified atom stereocenters. The summed E-state index contributed by atoms with van der Waals surface area (Å²) in [7, 11) is 3.63. The van der Waals surface area contributed by atoms with E-state index in [9.17, 15) is 4.79 Å². The van der Waals surface area contributed by atoms with Crippen LogP contribution in [0.5, 0.6) is 0 Å². The summed E-state index contributed by atoms with van der Waals surface area (Å²) in [6.45, 7) is 0. The van der Waals surface area contributed by atoms with E-state index >= 15 is 0 Å². The van der Waals surface area contributed by atoms with Crippen molar-refractivity contribution < 1.29 is 9.21 Å². The fraction of sp³-hybridized carbons (Fsp3) is 0.300. The van der Waals surface area contributed by atoms with Crippen LogP contribution in [0.4, 0.5) is 11.6 Å². The first-order valence-corrected chi connectivity index (χ1v) is 9.67. The second-order valence-electron chi connectivity index (χ2n) is 7.27. The Bertz CT molecular complexity index is 1240. The van der Waals surface area contributed by atoms with Crippen LogP contribution in [0.3, 0.4) is 0 Å². The molecule has 2 N–H and O–H groups in total. The predicted octanol–water partition coefficient (Wildman–Crippen LogP) is 2.39. The number of carbonyl (C=O) groups is 1. The van der Waals surface area contributed by atoms with Crippen LogP contribution in [-0.2, 0) is 18.3 Å². The Kier molecular flexibility index (Phi) is 4.38. The number of fused-ring (bicyclic) bond motifs is 1. The topological polar surface area (TPSA) is 124 Å². The molecule has 0 bridgehead atoms. The second kappa shape index (κ2) is 7.21. The first-order valence-electron chi connectivity index (χ1n) is 9.67. The van der Waals surface area contributed by atoms with Crippen LogP contribution in [0, 0.1) is 5.92 Å². The highest BCUT2D eigenvalue weighted by atomic mass is 16.3. The Labute approximate surface area is 171 Å². The summed E-state index contributed by atoms with van der Waals surface area (Å²) in [5.41, 5.74) is 1.46. The van der Waals surface area contributed by atoms with Crippen molar-refractivity contribution in [2.75, 3.05) is 17.7 Å². The highest BCUT2D eigenvalue weighted by molar-refractivity contribution is 6.02. The molecule has 0 aromatic carbocycles. The number of aromatic nitrogens is 6. The van der Waals surface area contributed by atoms with E-state index in [0.29, 0.717) is 23.9 Å². The maximum absolute atomic E-state index is 12.2. The number of carbonyl (C=O) groups excluding carboxylic acids is 1. The van der Waals surface area contributed by atoms with Crippen LogP contribution in [0.1, 0.15) is 24.4 Å². The lowest BCUT2D eigenvalue weighted by Gasteiger charge is -2.10. The molecule has 4 aromatic heterocycles. The molecule has 10 heteroatoms. The van der Waals surface area contributed by atoms with Gasteiger partial charge in [0.25, 0.3) is 0 Å². The number of anilines is 2. The lowest BCUT2D eigenvalue weighted by atomic mass is 10.1. The van der Waals surface area contributed by atoms with Crippen molar-refractivity contribution in [3.63, 3.8) is 0 Å². The molecule has 1 aliphatic carbocycles. The molecule has 30 heavy (non-hydrogen) atoms. The fourth-order valence-corrected chi connectivity index (χ4v) is 3.30. The number of rotatable bonds is 6. The van der Waals surface area contributed by atoms with Gasteiger partial charge in [0.2, 0.25) is 11.8 Å². The molecule has 4 heterocycles. The summed E-state index contributed by atoms with van der Waals surface area (Å²) in [5.74, 6) is 2.53. The van der Waals surface area contributed by atoms with Crippen molar-refractivity contribution in [3.8, 4) is 11.5 Å². The van der Waals surface area contributed by atoms with Gasteiger partial charge in [-0.15, -0.1) is 0 Å². The molecule has 0 aliphatic heterocycles. The molecule has 1 saturated carbocycles. The van der Waals surface area contributed by atoms with Crippen molar-refractivity contribution in [1.29, 1.82) is 0 Å². The van der Waals surface area contributed by atoms with Crippen molar-refractivity contribution in [2.45, 2.75) is 19.3 Å². The maximum Gasteiger partial charge on any atom is 0.228 e. The molecule has 0 atom stereocenters. The van der Waals surface area contributed by atoms with E-state index in [1.54, 1.807) is 30.4 Å². The minimum absolute atomic E-state index is 0.00776. The summed E-state index contributed by atoms with van der Waals surface area (Å²) >= 11 is 0. The number of aryl methyl sites for hydroxylation is 1. The Morgan fingerprint density at radius 1 is 1.23 bits per heavy atom. The summed E-state index contributed by atoms with van der Waals surface area (Å²) < 4.78 is 7.46. The average Bonchev–Trinajstić information content (AvgIpc) is 3.39. The summed E-state index contributed by atoms with van der Waals surface area (Å²) in [4.78, 5) is 29.8. The predicted molar refractivity (Wildman–Crippen MR) is 110 cm³/mol. The van der Waals surface area contributed by atoms with Crippen molar-refractivity contribution in [1.82, 2.24) is 29.7 Å². The lowest BCUT2D eigenvalue weighted by molar-refractivity contribution is -0.117. The van der Waals surface area contributed by atoms with Gasteiger partial charge in [-0.05, 0) is 18.9 Å². The van der Waals surface area contributed by atoms with Crippen LogP contribution in [-0.4, -0.2) is 42.7 Å². The Morgan fingerprint density at radius 2 is 2.10 bits per heavy atom. The van der Waals surface area contributed by atoms with E-state index in [2.05, 4.69) is 35.7 Å². The SMILES string of the molecule is CNc1ncc(-c2nc(Cc3ncnn3C)co2)c2cc(NC(=O)C3CC3)ncc12. The molecule has 5 rings (SSSR count). The molecule has 1 aliphatic rings. The first kappa shape index (κ1) is 18.2. The summed E-state index contributed by atoms with van der Waals surface area (Å²) in [6.07, 6.45) is 8.89. The number of hydrogen-bond acceptors (Lipinski definition) is 8. The minimum Gasteiger partial charge on any atom is -0.444 e. The third-order valence-corrected chi connectivity index (χ3v) is 5.13. The quantitative estimate of drug-likeness (QED) is 0.502. The van der Waals surface area contributed by atoms with Crippen molar-refractivity contribution >= 4 is 28.3 Å². The summed E-state index contributed by atoms with van der Waals surface area (Å²) in [5, 5.41) is 11.7. The van der Waals surface area contributed by atoms with Gasteiger partial charge < -0.3 is 15.1 Å². The standard InChI is InChI=1S/C20H20N8O2/c1-21-18-14-7-22-16(27-19(29)11-3-4-11)6-13(14)15(8-23-18)20-26-12(9-30-20)5-17-24-10-25-28(17)2/h6-11H,3-5H2,1-2H3,(H,21,23)(H,22,27,29). The van der Waals surface area contributed by atoms with Crippen LogP contribution in [0.2, 0.25) is 0 Å². The Morgan fingerprint density at radius 3 is 2.83 bits per heavy atom. The van der Waals surface area contributed by atoms with Gasteiger partial charge in [0.05, 0.1) is 17.7 Å². The van der Waals surface area contributed by atoms with Gasteiger partial charge in [-0.3, -0.25) is 9.48 Å². The number of nitrogens with zero attached hydrogens (tertiary/aromatic N) is 6. The van der Waals surface area contributed by atoms with Gasteiger partial charge >= 0.3 is 0 Å². The zero-order valence-corrected chi connectivity index (χ0v) is 16.6. The highest BCUT2D eigenvalue weighted by Crippen LogP contribution is 2.34. The van der Waals surface area contributed by atoms with Gasteiger partial charge in [-0.2, -0.15) is 5.10 Å². The molecule has 1 fully saturated rings. The molecule has 1 amide bonds. The van der Waals surface area contributed by atoms with Crippen molar-refractivity contribution in [3.05, 3.63) is 42.6 Å². The van der Waals surface area contributed by atoms with E-state index in [0.717, 1.165) is 40.7 Å². The molecular formula is C20H20N8O2. The first-order chi connectivity index (χ1) is 14.6. The number of pyridine rings is 2. The largest absolute Gasteiger partial charge is 0.444 e. The van der Waals surface area contributed by atoms with E-state index in [1.807, 2.05) is 13.1 Å². The fourth-order valence-electron chi connectivity index (χ4n) is 3.30. The van der Waals surface area contributed by atoms with E-state index in [4.69, 9.17) is 4.42 Å². The molecular weight excluding hydrogens is 384 g/mol. The van der Waals surface area contributed by atoms with Gasteiger partial charge in [0.15, 0.2) is 0 Å². The number of nitrogens with one attached hydrogen (secondary N) is 2. The van der Waals surface area contributed by atoms with E-state index in [-0.39, 0.29) is 11.8 Å². The molecule has 10 nitrogen and oxygen atoms in total. The zero-order valence-electron chi connectivity index (χ0n) is 16.6. The molecule has 4 aromatic rings. The number of amides is 1. The van der Waals surface area contributed by atoms with Crippen LogP contribution >= 0.6 is 0 Å². The lowest BCUT2D eigenvalue weighted by Crippen LogP contribution is -2.14.